The van der Waals surface area contributed by atoms with E-state index in [0.29, 0.717) is 37.7 Å². The summed E-state index contributed by atoms with van der Waals surface area (Å²) < 4.78 is 10.2. The second-order valence-corrected chi connectivity index (χ2v) is 3.67. The minimum atomic E-state index is -0.503. The van der Waals surface area contributed by atoms with Gasteiger partial charge in [-0.2, -0.15) is 0 Å². The standard InChI is InChI=1S/C11H15N3O3/c12-9-1-3-10(4-2-9)17-11(15)13-14-5-7-16-8-6-14/h1-4H,5-8,12H2,(H,13,15). The molecule has 0 spiro atoms. The van der Waals surface area contributed by atoms with Gasteiger partial charge in [-0.15, -0.1) is 0 Å². The van der Waals surface area contributed by atoms with E-state index in [1.807, 2.05) is 0 Å². The fourth-order valence-corrected chi connectivity index (χ4v) is 1.47. The first-order valence-corrected chi connectivity index (χ1v) is 5.41. The third-order valence-corrected chi connectivity index (χ3v) is 2.35. The molecule has 0 aromatic heterocycles. The Kier molecular flexibility index (Phi) is 3.79. The minimum Gasteiger partial charge on any atom is -0.409 e. The maximum absolute atomic E-state index is 11.5. The van der Waals surface area contributed by atoms with Crippen molar-refractivity contribution in [3.63, 3.8) is 0 Å². The molecule has 92 valence electrons. The molecule has 0 unspecified atom stereocenters. The summed E-state index contributed by atoms with van der Waals surface area (Å²) in [6, 6.07) is 6.65. The lowest BCUT2D eigenvalue weighted by Crippen LogP contribution is -2.49. The predicted octanol–water partition coefficient (Wildman–Crippen LogP) is 0.604. The van der Waals surface area contributed by atoms with Crippen molar-refractivity contribution in [2.75, 3.05) is 32.0 Å². The summed E-state index contributed by atoms with van der Waals surface area (Å²) >= 11 is 0. The van der Waals surface area contributed by atoms with Crippen LogP contribution in [0.25, 0.3) is 0 Å². The Morgan fingerprint density at radius 3 is 2.59 bits per heavy atom. The second kappa shape index (κ2) is 5.51. The van der Waals surface area contributed by atoms with Gasteiger partial charge in [0, 0.05) is 18.8 Å². The highest BCUT2D eigenvalue weighted by molar-refractivity contribution is 5.69. The maximum atomic E-state index is 11.5. The Bertz CT molecular complexity index is 374. The van der Waals surface area contributed by atoms with Crippen molar-refractivity contribution in [1.29, 1.82) is 0 Å². The van der Waals surface area contributed by atoms with E-state index in [1.165, 1.54) is 0 Å². The maximum Gasteiger partial charge on any atom is 0.427 e. The molecule has 2 rings (SSSR count). The van der Waals surface area contributed by atoms with Crippen molar-refractivity contribution >= 4 is 11.8 Å². The van der Waals surface area contributed by atoms with E-state index in [0.717, 1.165) is 0 Å². The van der Waals surface area contributed by atoms with Crippen LogP contribution in [0.4, 0.5) is 10.5 Å². The third kappa shape index (κ3) is 3.61. The molecule has 1 aliphatic rings. The van der Waals surface area contributed by atoms with Crippen molar-refractivity contribution in [3.8, 4) is 5.75 Å². The Hall–Kier alpha value is -1.79. The van der Waals surface area contributed by atoms with Crippen LogP contribution in [0.5, 0.6) is 5.75 Å². The molecule has 0 bridgehead atoms. The van der Waals surface area contributed by atoms with Gasteiger partial charge in [-0.1, -0.05) is 0 Å². The number of morpholine rings is 1. The molecule has 1 saturated heterocycles. The number of hydrogen-bond acceptors (Lipinski definition) is 5. The summed E-state index contributed by atoms with van der Waals surface area (Å²) in [4.78, 5) is 11.5. The van der Waals surface area contributed by atoms with Gasteiger partial charge >= 0.3 is 6.09 Å². The van der Waals surface area contributed by atoms with Crippen molar-refractivity contribution in [3.05, 3.63) is 24.3 Å². The largest absolute Gasteiger partial charge is 0.427 e. The van der Waals surface area contributed by atoms with Crippen LogP contribution in [0.15, 0.2) is 24.3 Å². The van der Waals surface area contributed by atoms with Gasteiger partial charge in [-0.05, 0) is 24.3 Å². The lowest BCUT2D eigenvalue weighted by molar-refractivity contribution is 0.0153. The summed E-state index contributed by atoms with van der Waals surface area (Å²) in [6.45, 7) is 2.55. The van der Waals surface area contributed by atoms with Gasteiger partial charge in [-0.3, -0.25) is 5.43 Å². The zero-order chi connectivity index (χ0) is 12.1. The first-order chi connectivity index (χ1) is 8.24. The monoisotopic (exact) mass is 237 g/mol. The van der Waals surface area contributed by atoms with Crippen molar-refractivity contribution < 1.29 is 14.3 Å². The molecule has 0 aliphatic carbocycles. The fourth-order valence-electron chi connectivity index (χ4n) is 1.47. The summed E-state index contributed by atoms with van der Waals surface area (Å²) in [7, 11) is 0. The Morgan fingerprint density at radius 2 is 1.94 bits per heavy atom. The van der Waals surface area contributed by atoms with E-state index in [1.54, 1.807) is 29.3 Å². The Labute approximate surface area is 99.3 Å². The molecule has 3 N–H and O–H groups in total. The SMILES string of the molecule is Nc1ccc(OC(=O)NN2CCOCC2)cc1. The summed E-state index contributed by atoms with van der Waals surface area (Å²) in [5.41, 5.74) is 8.80. The Morgan fingerprint density at radius 1 is 1.29 bits per heavy atom. The third-order valence-electron chi connectivity index (χ3n) is 2.35. The molecule has 1 aromatic rings. The quantitative estimate of drug-likeness (QED) is 0.737. The smallest absolute Gasteiger partial charge is 0.409 e. The molecule has 6 heteroatoms. The molecule has 1 amide bonds. The topological polar surface area (TPSA) is 76.8 Å². The Balaban J connectivity index is 1.82. The second-order valence-electron chi connectivity index (χ2n) is 3.67. The lowest BCUT2D eigenvalue weighted by atomic mass is 10.3. The average molecular weight is 237 g/mol. The fraction of sp³-hybridized carbons (Fsp3) is 0.364. The lowest BCUT2D eigenvalue weighted by Gasteiger charge is -2.26. The number of nitrogen functional groups attached to an aromatic ring is 1. The number of carbonyl (C=O) groups excluding carboxylic acids is 1. The van der Waals surface area contributed by atoms with Crippen LogP contribution in [0, 0.1) is 0 Å². The van der Waals surface area contributed by atoms with E-state index >= 15 is 0 Å². The van der Waals surface area contributed by atoms with Crippen LogP contribution in [0.2, 0.25) is 0 Å². The van der Waals surface area contributed by atoms with Crippen LogP contribution < -0.4 is 15.9 Å². The molecule has 1 heterocycles. The molecule has 0 saturated carbocycles. The number of nitrogens with two attached hydrogens (primary N) is 1. The van der Waals surface area contributed by atoms with Crippen molar-refractivity contribution in [1.82, 2.24) is 10.4 Å². The highest BCUT2D eigenvalue weighted by atomic mass is 16.6. The summed E-state index contributed by atoms with van der Waals surface area (Å²) in [5.74, 6) is 0.463. The molecule has 17 heavy (non-hydrogen) atoms. The molecular formula is C11H15N3O3. The molecule has 1 aliphatic heterocycles. The van der Waals surface area contributed by atoms with Crippen LogP contribution in [-0.2, 0) is 4.74 Å². The van der Waals surface area contributed by atoms with Gasteiger partial charge in [-0.25, -0.2) is 9.80 Å². The van der Waals surface area contributed by atoms with Crippen LogP contribution in [0.1, 0.15) is 0 Å². The first-order valence-electron chi connectivity index (χ1n) is 5.41. The number of anilines is 1. The highest BCUT2D eigenvalue weighted by Gasteiger charge is 2.13. The van der Waals surface area contributed by atoms with Crippen molar-refractivity contribution in [2.45, 2.75) is 0 Å². The van der Waals surface area contributed by atoms with Gasteiger partial charge in [0.05, 0.1) is 13.2 Å². The number of hydrazine groups is 1. The van der Waals surface area contributed by atoms with Gasteiger partial charge in [0.15, 0.2) is 0 Å². The van der Waals surface area contributed by atoms with Gasteiger partial charge in [0.25, 0.3) is 0 Å². The number of ether oxygens (including phenoxy) is 2. The summed E-state index contributed by atoms with van der Waals surface area (Å²) in [6.07, 6.45) is -0.503. The normalized spacial score (nSPS) is 16.5. The first kappa shape index (κ1) is 11.7. The van der Waals surface area contributed by atoms with Gasteiger partial charge in [0.1, 0.15) is 5.75 Å². The zero-order valence-electron chi connectivity index (χ0n) is 9.39. The van der Waals surface area contributed by atoms with Crippen LogP contribution in [0.3, 0.4) is 0 Å². The highest BCUT2D eigenvalue weighted by Crippen LogP contribution is 2.13. The number of hydrogen-bond donors (Lipinski definition) is 2. The van der Waals surface area contributed by atoms with E-state index in [-0.39, 0.29) is 0 Å². The molecule has 0 radical (unpaired) electrons. The van der Waals surface area contributed by atoms with Crippen LogP contribution in [-0.4, -0.2) is 37.4 Å². The molecule has 1 aromatic carbocycles. The van der Waals surface area contributed by atoms with Crippen molar-refractivity contribution in [2.24, 2.45) is 0 Å². The molecular weight excluding hydrogens is 222 g/mol. The number of nitrogens with zero attached hydrogens (tertiary/aromatic N) is 1. The summed E-state index contributed by atoms with van der Waals surface area (Å²) in [5, 5.41) is 1.77. The molecule has 6 nitrogen and oxygen atoms in total. The van der Waals surface area contributed by atoms with E-state index in [2.05, 4.69) is 5.43 Å². The van der Waals surface area contributed by atoms with Crippen LogP contribution >= 0.6 is 0 Å². The minimum absolute atomic E-state index is 0.463. The zero-order valence-corrected chi connectivity index (χ0v) is 9.39. The number of carbonyl (C=O) groups is 1. The number of nitrogens with one attached hydrogen (secondary N) is 1. The number of rotatable bonds is 2. The van der Waals surface area contributed by atoms with E-state index < -0.39 is 6.09 Å². The number of benzene rings is 1. The molecule has 0 atom stereocenters. The average Bonchev–Trinajstić information content (AvgIpc) is 2.33. The van der Waals surface area contributed by atoms with E-state index in [9.17, 15) is 4.79 Å². The molecule has 1 fully saturated rings. The van der Waals surface area contributed by atoms with Gasteiger partial charge < -0.3 is 15.2 Å². The van der Waals surface area contributed by atoms with Gasteiger partial charge in [0.2, 0.25) is 0 Å². The predicted molar refractivity (Wildman–Crippen MR) is 62.4 cm³/mol. The van der Waals surface area contributed by atoms with E-state index in [4.69, 9.17) is 15.2 Å². The number of amides is 1.